The average Bonchev–Trinajstić information content (AvgIpc) is 2.54. The Morgan fingerprint density at radius 3 is 2.39 bits per heavy atom. The van der Waals surface area contributed by atoms with Gasteiger partial charge in [-0.05, 0) is 30.3 Å². The third-order valence-electron chi connectivity index (χ3n) is 3.35. The van der Waals surface area contributed by atoms with Crippen molar-refractivity contribution in [2.24, 2.45) is 0 Å². The first-order valence-electron chi connectivity index (χ1n) is 6.93. The normalized spacial score (nSPS) is 10.0. The summed E-state index contributed by atoms with van der Waals surface area (Å²) in [6.07, 6.45) is 0. The van der Waals surface area contributed by atoms with Crippen LogP contribution in [0.4, 0.5) is 11.4 Å². The van der Waals surface area contributed by atoms with Crippen LogP contribution in [0.25, 0.3) is 0 Å². The van der Waals surface area contributed by atoms with E-state index >= 15 is 0 Å². The zero-order valence-electron chi connectivity index (χ0n) is 13.2. The zero-order chi connectivity index (χ0) is 17.0. The number of rotatable bonds is 5. The molecule has 6 heteroatoms. The van der Waals surface area contributed by atoms with Crippen LogP contribution < -0.4 is 15.0 Å². The molecule has 2 aromatic rings. The summed E-state index contributed by atoms with van der Waals surface area (Å²) in [6.45, 7) is 0. The molecule has 0 aliphatic rings. The molecule has 2 N–H and O–H groups in total. The lowest BCUT2D eigenvalue weighted by molar-refractivity contribution is 0.0698. The molecular weight excluding hydrogens is 296 g/mol. The zero-order valence-corrected chi connectivity index (χ0v) is 13.2. The SMILES string of the molecule is COc1ccccc1C(=O)Nc1ccc(N(C)C)cc1C(=O)O. The van der Waals surface area contributed by atoms with E-state index in [-0.39, 0.29) is 11.3 Å². The van der Waals surface area contributed by atoms with Crippen LogP contribution in [-0.2, 0) is 0 Å². The molecule has 0 atom stereocenters. The van der Waals surface area contributed by atoms with Crippen LogP contribution >= 0.6 is 0 Å². The van der Waals surface area contributed by atoms with Gasteiger partial charge in [-0.2, -0.15) is 0 Å². The number of carbonyl (C=O) groups excluding carboxylic acids is 1. The Morgan fingerprint density at radius 2 is 1.78 bits per heavy atom. The predicted molar refractivity (Wildman–Crippen MR) is 88.7 cm³/mol. The minimum Gasteiger partial charge on any atom is -0.496 e. The van der Waals surface area contributed by atoms with E-state index in [9.17, 15) is 14.7 Å². The van der Waals surface area contributed by atoms with Crippen molar-refractivity contribution < 1.29 is 19.4 Å². The number of benzene rings is 2. The van der Waals surface area contributed by atoms with Crippen LogP contribution in [-0.4, -0.2) is 38.2 Å². The lowest BCUT2D eigenvalue weighted by Gasteiger charge is -2.16. The monoisotopic (exact) mass is 314 g/mol. The van der Waals surface area contributed by atoms with E-state index in [1.54, 1.807) is 41.3 Å². The summed E-state index contributed by atoms with van der Waals surface area (Å²) in [5.74, 6) is -1.11. The number of aromatic carboxylic acids is 1. The second kappa shape index (κ2) is 6.83. The summed E-state index contributed by atoms with van der Waals surface area (Å²) in [5, 5.41) is 12.0. The van der Waals surface area contributed by atoms with Crippen molar-refractivity contribution >= 4 is 23.3 Å². The third-order valence-corrected chi connectivity index (χ3v) is 3.35. The van der Waals surface area contributed by atoms with E-state index in [0.29, 0.717) is 11.3 Å². The Hall–Kier alpha value is -3.02. The van der Waals surface area contributed by atoms with E-state index in [1.165, 1.54) is 13.2 Å². The molecular formula is C17H18N2O4. The summed E-state index contributed by atoms with van der Waals surface area (Å²) in [6, 6.07) is 11.6. The number of methoxy groups -OCH3 is 1. The molecule has 2 rings (SSSR count). The highest BCUT2D eigenvalue weighted by Crippen LogP contribution is 2.24. The molecule has 0 heterocycles. The number of ether oxygens (including phenoxy) is 1. The summed E-state index contributed by atoms with van der Waals surface area (Å²) in [5.41, 5.74) is 1.33. The quantitative estimate of drug-likeness (QED) is 0.887. The summed E-state index contributed by atoms with van der Waals surface area (Å²) in [4.78, 5) is 25.6. The molecule has 23 heavy (non-hydrogen) atoms. The van der Waals surface area contributed by atoms with Gasteiger partial charge in [0.2, 0.25) is 0 Å². The lowest BCUT2D eigenvalue weighted by Crippen LogP contribution is -2.17. The van der Waals surface area contributed by atoms with Crippen LogP contribution in [0.3, 0.4) is 0 Å². The number of nitrogens with zero attached hydrogens (tertiary/aromatic N) is 1. The first kappa shape index (κ1) is 16.4. The molecule has 0 aliphatic heterocycles. The van der Waals surface area contributed by atoms with Crippen molar-refractivity contribution in [3.63, 3.8) is 0 Å². The van der Waals surface area contributed by atoms with Crippen molar-refractivity contribution in [1.29, 1.82) is 0 Å². The second-order valence-electron chi connectivity index (χ2n) is 5.08. The van der Waals surface area contributed by atoms with Gasteiger partial charge in [0, 0.05) is 19.8 Å². The fraction of sp³-hybridized carbons (Fsp3) is 0.176. The van der Waals surface area contributed by atoms with Crippen molar-refractivity contribution in [2.45, 2.75) is 0 Å². The molecule has 0 unspecified atom stereocenters. The minimum atomic E-state index is -1.11. The highest BCUT2D eigenvalue weighted by Gasteiger charge is 2.17. The fourth-order valence-corrected chi connectivity index (χ4v) is 2.12. The Labute approximate surface area is 134 Å². The summed E-state index contributed by atoms with van der Waals surface area (Å²) in [7, 11) is 5.10. The Morgan fingerprint density at radius 1 is 1.09 bits per heavy atom. The Balaban J connectivity index is 2.36. The van der Waals surface area contributed by atoms with Gasteiger partial charge in [-0.25, -0.2) is 4.79 Å². The number of nitrogens with one attached hydrogen (secondary N) is 1. The number of amides is 1. The first-order valence-corrected chi connectivity index (χ1v) is 6.93. The molecule has 120 valence electrons. The van der Waals surface area contributed by atoms with Gasteiger partial charge in [0.1, 0.15) is 5.75 Å². The molecule has 0 fully saturated rings. The maximum absolute atomic E-state index is 12.4. The average molecular weight is 314 g/mol. The smallest absolute Gasteiger partial charge is 0.337 e. The number of carboxylic acids is 1. The number of hydrogen-bond acceptors (Lipinski definition) is 4. The van der Waals surface area contributed by atoms with Gasteiger partial charge in [0.05, 0.1) is 23.9 Å². The molecule has 0 saturated heterocycles. The molecule has 0 radical (unpaired) electrons. The molecule has 6 nitrogen and oxygen atoms in total. The van der Waals surface area contributed by atoms with Crippen LogP contribution in [0, 0.1) is 0 Å². The largest absolute Gasteiger partial charge is 0.496 e. The number of carbonyl (C=O) groups is 2. The van der Waals surface area contributed by atoms with E-state index in [0.717, 1.165) is 5.69 Å². The molecule has 0 spiro atoms. The summed E-state index contributed by atoms with van der Waals surface area (Å²) >= 11 is 0. The fourth-order valence-electron chi connectivity index (χ4n) is 2.12. The molecule has 0 bridgehead atoms. The molecule has 1 amide bonds. The van der Waals surface area contributed by atoms with Crippen molar-refractivity contribution in [2.75, 3.05) is 31.4 Å². The van der Waals surface area contributed by atoms with E-state index in [1.807, 2.05) is 14.1 Å². The van der Waals surface area contributed by atoms with Gasteiger partial charge >= 0.3 is 5.97 Å². The second-order valence-corrected chi connectivity index (χ2v) is 5.08. The number of anilines is 2. The van der Waals surface area contributed by atoms with Gasteiger partial charge < -0.3 is 20.1 Å². The van der Waals surface area contributed by atoms with Crippen LogP contribution in [0.1, 0.15) is 20.7 Å². The maximum Gasteiger partial charge on any atom is 0.337 e. The Kier molecular flexibility index (Phi) is 4.85. The van der Waals surface area contributed by atoms with E-state index < -0.39 is 11.9 Å². The van der Waals surface area contributed by atoms with Gasteiger partial charge in [-0.3, -0.25) is 4.79 Å². The molecule has 0 aliphatic carbocycles. The highest BCUT2D eigenvalue weighted by molar-refractivity contribution is 6.09. The molecule has 2 aromatic carbocycles. The number of hydrogen-bond donors (Lipinski definition) is 2. The van der Waals surface area contributed by atoms with Gasteiger partial charge in [0.25, 0.3) is 5.91 Å². The van der Waals surface area contributed by atoms with Crippen LogP contribution in [0.2, 0.25) is 0 Å². The first-order chi connectivity index (χ1) is 10.9. The Bertz CT molecular complexity index is 741. The van der Waals surface area contributed by atoms with E-state index in [2.05, 4.69) is 5.32 Å². The number of carboxylic acid groups (broad SMARTS) is 1. The van der Waals surface area contributed by atoms with Crippen molar-refractivity contribution in [3.8, 4) is 5.75 Å². The van der Waals surface area contributed by atoms with E-state index in [4.69, 9.17) is 4.74 Å². The van der Waals surface area contributed by atoms with Crippen molar-refractivity contribution in [1.82, 2.24) is 0 Å². The molecule has 0 saturated carbocycles. The van der Waals surface area contributed by atoms with Gasteiger partial charge in [-0.1, -0.05) is 12.1 Å². The van der Waals surface area contributed by atoms with Crippen LogP contribution in [0.15, 0.2) is 42.5 Å². The third kappa shape index (κ3) is 3.60. The predicted octanol–water partition coefficient (Wildman–Crippen LogP) is 2.71. The number of para-hydroxylation sites is 1. The van der Waals surface area contributed by atoms with Gasteiger partial charge in [0.15, 0.2) is 0 Å². The molecule has 0 aromatic heterocycles. The standard InChI is InChI=1S/C17H18N2O4/c1-19(2)11-8-9-14(13(10-11)17(21)22)18-16(20)12-6-4-5-7-15(12)23-3/h4-10H,1-3H3,(H,18,20)(H,21,22). The maximum atomic E-state index is 12.4. The lowest BCUT2D eigenvalue weighted by atomic mass is 10.1. The van der Waals surface area contributed by atoms with Gasteiger partial charge in [-0.15, -0.1) is 0 Å². The topological polar surface area (TPSA) is 78.9 Å². The van der Waals surface area contributed by atoms with Crippen molar-refractivity contribution in [3.05, 3.63) is 53.6 Å². The highest BCUT2D eigenvalue weighted by atomic mass is 16.5. The van der Waals surface area contributed by atoms with Crippen LogP contribution in [0.5, 0.6) is 5.75 Å². The minimum absolute atomic E-state index is 0.0273. The summed E-state index contributed by atoms with van der Waals surface area (Å²) < 4.78 is 5.15.